The first kappa shape index (κ1) is 21.5. The smallest absolute Gasteiger partial charge is 0.252 e. The van der Waals surface area contributed by atoms with Crippen LogP contribution in [0.3, 0.4) is 0 Å². The molecule has 1 amide bonds. The van der Waals surface area contributed by atoms with Gasteiger partial charge in [-0.3, -0.25) is 4.79 Å². The van der Waals surface area contributed by atoms with Crippen molar-refractivity contribution >= 4 is 61.6 Å². The number of ether oxygens (including phenoxy) is 1. The van der Waals surface area contributed by atoms with Crippen LogP contribution >= 0.6 is 35.0 Å². The molecule has 2 aromatic carbocycles. The third-order valence-electron chi connectivity index (χ3n) is 4.99. The second-order valence-corrected chi connectivity index (χ2v) is 11.2. The standard InChI is InChI=1S/C20H18Cl2N2O4S2/c1-28-13-7-5-12(6-8-13)9-18(25)23-20-24(15-4-2-3-14(21)19(15)22)16-10-30(26,27)11-17(16)29-20/h2-8,16-17H,9-11H2,1H3/t16-,17+/m0/s1. The third kappa shape index (κ3) is 4.32. The van der Waals surface area contributed by atoms with Gasteiger partial charge in [0.15, 0.2) is 15.0 Å². The number of hydrogen-bond acceptors (Lipinski definition) is 5. The molecule has 2 fully saturated rings. The van der Waals surface area contributed by atoms with Crippen LogP contribution in [0.4, 0.5) is 5.69 Å². The summed E-state index contributed by atoms with van der Waals surface area (Å²) in [6.45, 7) is 0. The van der Waals surface area contributed by atoms with E-state index >= 15 is 0 Å². The lowest BCUT2D eigenvalue weighted by atomic mass is 10.1. The maximum Gasteiger partial charge on any atom is 0.252 e. The average molecular weight is 485 g/mol. The van der Waals surface area contributed by atoms with Crippen LogP contribution in [-0.2, 0) is 21.1 Å². The lowest BCUT2D eigenvalue weighted by Crippen LogP contribution is -2.38. The number of thioether (sulfide) groups is 1. The first-order valence-corrected chi connectivity index (χ1v) is 12.6. The highest BCUT2D eigenvalue weighted by molar-refractivity contribution is 8.16. The highest BCUT2D eigenvalue weighted by Gasteiger charge is 2.49. The number of carbonyl (C=O) groups excluding carboxylic acids is 1. The summed E-state index contributed by atoms with van der Waals surface area (Å²) < 4.78 is 29.5. The van der Waals surface area contributed by atoms with Gasteiger partial charge >= 0.3 is 0 Å². The normalized spacial score (nSPS) is 23.6. The van der Waals surface area contributed by atoms with Crippen molar-refractivity contribution in [1.29, 1.82) is 0 Å². The van der Waals surface area contributed by atoms with E-state index in [4.69, 9.17) is 27.9 Å². The van der Waals surface area contributed by atoms with Gasteiger partial charge in [-0.2, -0.15) is 4.99 Å². The fourth-order valence-corrected chi connectivity index (χ4v) is 7.90. The number of anilines is 1. The van der Waals surface area contributed by atoms with Crippen molar-refractivity contribution in [3.63, 3.8) is 0 Å². The Kier molecular flexibility index (Phi) is 6.03. The van der Waals surface area contributed by atoms with Crippen molar-refractivity contribution in [3.05, 3.63) is 58.1 Å². The van der Waals surface area contributed by atoms with E-state index in [1.54, 1.807) is 42.3 Å². The van der Waals surface area contributed by atoms with Crippen LogP contribution in [-0.4, -0.2) is 49.4 Å². The predicted molar refractivity (Wildman–Crippen MR) is 122 cm³/mol. The quantitative estimate of drug-likeness (QED) is 0.655. The van der Waals surface area contributed by atoms with Crippen LogP contribution < -0.4 is 9.64 Å². The predicted octanol–water partition coefficient (Wildman–Crippen LogP) is 3.85. The number of hydrogen-bond donors (Lipinski definition) is 0. The Hall–Kier alpha value is -1.74. The zero-order chi connectivity index (χ0) is 21.5. The molecule has 2 atom stereocenters. The molecule has 0 N–H and O–H groups in total. The van der Waals surface area contributed by atoms with Crippen molar-refractivity contribution in [2.75, 3.05) is 23.5 Å². The van der Waals surface area contributed by atoms with Gasteiger partial charge in [-0.25, -0.2) is 8.42 Å². The Morgan fingerprint density at radius 1 is 1.20 bits per heavy atom. The van der Waals surface area contributed by atoms with Gasteiger partial charge in [0.2, 0.25) is 0 Å². The molecule has 0 spiro atoms. The molecule has 0 radical (unpaired) electrons. The van der Waals surface area contributed by atoms with Crippen molar-refractivity contribution in [2.45, 2.75) is 17.7 Å². The van der Waals surface area contributed by atoms with E-state index in [1.807, 2.05) is 12.1 Å². The summed E-state index contributed by atoms with van der Waals surface area (Å²) in [7, 11) is -1.59. The average Bonchev–Trinajstić information content (AvgIpc) is 3.15. The molecular formula is C20H18Cl2N2O4S2. The van der Waals surface area contributed by atoms with Crippen molar-refractivity contribution in [3.8, 4) is 5.75 Å². The number of nitrogens with zero attached hydrogens (tertiary/aromatic N) is 2. The van der Waals surface area contributed by atoms with Gasteiger partial charge in [0.05, 0.1) is 46.8 Å². The molecule has 2 heterocycles. The van der Waals surface area contributed by atoms with Gasteiger partial charge in [0.1, 0.15) is 5.75 Å². The van der Waals surface area contributed by atoms with Crippen molar-refractivity contribution in [2.24, 2.45) is 4.99 Å². The lowest BCUT2D eigenvalue weighted by molar-refractivity contribution is -0.117. The van der Waals surface area contributed by atoms with E-state index in [0.29, 0.717) is 26.6 Å². The number of amidine groups is 1. The number of aliphatic imine (C=N–C) groups is 1. The van der Waals surface area contributed by atoms with Gasteiger partial charge < -0.3 is 9.64 Å². The molecule has 0 saturated carbocycles. The van der Waals surface area contributed by atoms with E-state index in [1.165, 1.54) is 11.8 Å². The summed E-state index contributed by atoms with van der Waals surface area (Å²) in [6.07, 6.45) is 0.124. The summed E-state index contributed by atoms with van der Waals surface area (Å²) in [5.41, 5.74) is 1.36. The SMILES string of the molecule is COc1ccc(CC(=O)N=C2S[C@@H]3CS(=O)(=O)C[C@@H]3N2c2cccc(Cl)c2Cl)cc1. The Morgan fingerprint density at radius 3 is 2.63 bits per heavy atom. The van der Waals surface area contributed by atoms with Crippen molar-refractivity contribution < 1.29 is 17.9 Å². The minimum atomic E-state index is -3.17. The zero-order valence-electron chi connectivity index (χ0n) is 15.9. The van der Waals surface area contributed by atoms with E-state index in [-0.39, 0.29) is 35.1 Å². The molecule has 0 aliphatic carbocycles. The largest absolute Gasteiger partial charge is 0.497 e. The molecule has 158 valence electrons. The Balaban J connectivity index is 1.65. The second-order valence-electron chi connectivity index (χ2n) is 7.06. The summed E-state index contributed by atoms with van der Waals surface area (Å²) in [4.78, 5) is 18.7. The topological polar surface area (TPSA) is 76.0 Å². The number of benzene rings is 2. The van der Waals surface area contributed by atoms with Crippen LogP contribution in [0.15, 0.2) is 47.5 Å². The number of amides is 1. The number of fused-ring (bicyclic) bond motifs is 1. The van der Waals surface area contributed by atoms with Crippen LogP contribution in [0.25, 0.3) is 0 Å². The summed E-state index contributed by atoms with van der Waals surface area (Å²) in [6, 6.07) is 12.0. The van der Waals surface area contributed by atoms with Gasteiger partial charge in [0, 0.05) is 5.25 Å². The van der Waals surface area contributed by atoms with Gasteiger partial charge in [-0.1, -0.05) is 53.2 Å². The third-order valence-corrected chi connectivity index (χ3v) is 9.01. The molecule has 2 saturated heterocycles. The van der Waals surface area contributed by atoms with Gasteiger partial charge in [-0.05, 0) is 29.8 Å². The summed E-state index contributed by atoms with van der Waals surface area (Å²) >= 11 is 13.9. The molecule has 6 nitrogen and oxygen atoms in total. The van der Waals surface area contributed by atoms with Gasteiger partial charge in [-0.15, -0.1) is 0 Å². The summed E-state index contributed by atoms with van der Waals surface area (Å²) in [5, 5.41) is 0.896. The fourth-order valence-electron chi connectivity index (χ4n) is 3.59. The highest BCUT2D eigenvalue weighted by atomic mass is 35.5. The van der Waals surface area contributed by atoms with E-state index < -0.39 is 9.84 Å². The molecule has 30 heavy (non-hydrogen) atoms. The van der Waals surface area contributed by atoms with Crippen LogP contribution in [0.1, 0.15) is 5.56 Å². The Morgan fingerprint density at radius 2 is 1.93 bits per heavy atom. The zero-order valence-corrected chi connectivity index (χ0v) is 19.1. The fraction of sp³-hybridized carbons (Fsp3) is 0.300. The molecule has 10 heteroatoms. The maximum atomic E-state index is 12.7. The molecule has 0 unspecified atom stereocenters. The van der Waals surface area contributed by atoms with E-state index in [9.17, 15) is 13.2 Å². The molecular weight excluding hydrogens is 467 g/mol. The molecule has 0 bridgehead atoms. The highest BCUT2D eigenvalue weighted by Crippen LogP contribution is 2.44. The van der Waals surface area contributed by atoms with Crippen molar-refractivity contribution in [1.82, 2.24) is 0 Å². The summed E-state index contributed by atoms with van der Waals surface area (Å²) in [5.74, 6) is 0.412. The number of carbonyl (C=O) groups is 1. The maximum absolute atomic E-state index is 12.7. The molecule has 2 aliphatic heterocycles. The molecule has 2 aromatic rings. The van der Waals surface area contributed by atoms with Gasteiger partial charge in [0.25, 0.3) is 5.91 Å². The number of rotatable bonds is 4. The minimum absolute atomic E-state index is 0.0147. The van der Waals surface area contributed by atoms with Crippen LogP contribution in [0.5, 0.6) is 5.75 Å². The molecule has 0 aromatic heterocycles. The van der Waals surface area contributed by atoms with E-state index in [2.05, 4.69) is 4.99 Å². The first-order chi connectivity index (χ1) is 14.3. The lowest BCUT2D eigenvalue weighted by Gasteiger charge is -2.25. The molecule has 2 aliphatic rings. The molecule has 4 rings (SSSR count). The minimum Gasteiger partial charge on any atom is -0.497 e. The first-order valence-electron chi connectivity index (χ1n) is 9.12. The number of methoxy groups -OCH3 is 1. The second kappa shape index (κ2) is 8.42. The van der Waals surface area contributed by atoms with E-state index in [0.717, 1.165) is 5.56 Å². The number of sulfone groups is 1. The van der Waals surface area contributed by atoms with Crippen LogP contribution in [0.2, 0.25) is 10.0 Å². The monoisotopic (exact) mass is 484 g/mol. The Bertz CT molecular complexity index is 1120. The Labute approximate surface area is 189 Å². The van der Waals surface area contributed by atoms with Crippen LogP contribution in [0, 0.1) is 0 Å². The number of halogens is 2.